The predicted octanol–water partition coefficient (Wildman–Crippen LogP) is 0.955. The Morgan fingerprint density at radius 1 is 1.50 bits per heavy atom. The second kappa shape index (κ2) is 6.37. The van der Waals surface area contributed by atoms with Crippen LogP contribution < -0.4 is 4.72 Å². The third kappa shape index (κ3) is 3.86. The molecular weight excluding hydrogens is 304 g/mol. The Morgan fingerprint density at radius 3 is 2.68 bits per heavy atom. The molecule has 1 aliphatic heterocycles. The van der Waals surface area contributed by atoms with E-state index in [0.29, 0.717) is 6.54 Å². The van der Waals surface area contributed by atoms with Gasteiger partial charge in [-0.05, 0) is 25.7 Å². The number of aryl methyl sites for hydroxylation is 1. The summed E-state index contributed by atoms with van der Waals surface area (Å²) in [7, 11) is -3.44. The van der Waals surface area contributed by atoms with Crippen LogP contribution in [0.4, 0.5) is 0 Å². The van der Waals surface area contributed by atoms with Gasteiger partial charge in [-0.15, -0.1) is 0 Å². The van der Waals surface area contributed by atoms with Gasteiger partial charge in [-0.2, -0.15) is 0 Å². The Balaban J connectivity index is 2.21. The summed E-state index contributed by atoms with van der Waals surface area (Å²) in [5.41, 5.74) is 0.948. The summed E-state index contributed by atoms with van der Waals surface area (Å²) in [5, 5.41) is 0. The Labute approximate surface area is 131 Å². The van der Waals surface area contributed by atoms with Crippen LogP contribution in [0.2, 0.25) is 0 Å². The van der Waals surface area contributed by atoms with Crippen molar-refractivity contribution in [2.75, 3.05) is 12.8 Å². The number of rotatable bonds is 5. The van der Waals surface area contributed by atoms with Gasteiger partial charge in [-0.3, -0.25) is 4.79 Å². The zero-order valence-corrected chi connectivity index (χ0v) is 14.3. The van der Waals surface area contributed by atoms with Crippen molar-refractivity contribution in [3.63, 3.8) is 0 Å². The summed E-state index contributed by atoms with van der Waals surface area (Å²) in [6.07, 6.45) is 4.54. The number of aromatic nitrogens is 2. The lowest BCUT2D eigenvalue weighted by Gasteiger charge is -2.29. The lowest BCUT2D eigenvalue weighted by atomic mass is 10.0. The van der Waals surface area contributed by atoms with E-state index >= 15 is 0 Å². The summed E-state index contributed by atoms with van der Waals surface area (Å²) < 4.78 is 25.5. The number of likely N-dealkylation sites (tertiary alicyclic amines) is 1. The molecule has 124 valence electrons. The second-order valence-corrected chi connectivity index (χ2v) is 8.03. The average molecular weight is 328 g/mol. The van der Waals surface area contributed by atoms with E-state index in [1.165, 1.54) is 0 Å². The first-order valence-electron chi connectivity index (χ1n) is 7.48. The molecule has 0 unspecified atom stereocenters. The van der Waals surface area contributed by atoms with Gasteiger partial charge in [0.15, 0.2) is 0 Å². The largest absolute Gasteiger partial charge is 0.344 e. The maximum Gasteiger partial charge on any atom is 0.241 e. The Hall–Kier alpha value is -1.41. The van der Waals surface area contributed by atoms with Crippen molar-refractivity contribution in [2.45, 2.75) is 45.7 Å². The van der Waals surface area contributed by atoms with Crippen LogP contribution in [0, 0.1) is 12.8 Å². The van der Waals surface area contributed by atoms with Gasteiger partial charge in [0.1, 0.15) is 11.9 Å². The number of aromatic amines is 1. The minimum Gasteiger partial charge on any atom is -0.344 e. The van der Waals surface area contributed by atoms with E-state index in [9.17, 15) is 13.2 Å². The van der Waals surface area contributed by atoms with Crippen LogP contribution >= 0.6 is 0 Å². The van der Waals surface area contributed by atoms with Crippen LogP contribution in [0.5, 0.6) is 0 Å². The molecule has 2 rings (SSSR count). The number of carbonyl (C=O) groups is 1. The summed E-state index contributed by atoms with van der Waals surface area (Å²) in [6, 6.07) is -0.851. The van der Waals surface area contributed by atoms with Crippen molar-refractivity contribution in [2.24, 2.45) is 5.92 Å². The molecule has 1 aliphatic rings. The molecule has 0 aliphatic carbocycles. The number of nitrogens with zero attached hydrogens (tertiary/aromatic N) is 2. The molecule has 8 heteroatoms. The Kier molecular flexibility index (Phi) is 4.91. The van der Waals surface area contributed by atoms with Crippen LogP contribution in [-0.2, 0) is 14.8 Å². The molecule has 1 amide bonds. The topological polar surface area (TPSA) is 95.2 Å². The van der Waals surface area contributed by atoms with Crippen LogP contribution in [0.15, 0.2) is 6.20 Å². The van der Waals surface area contributed by atoms with Crippen LogP contribution in [0.25, 0.3) is 0 Å². The van der Waals surface area contributed by atoms with Crippen LogP contribution in [0.3, 0.4) is 0 Å². The molecule has 2 atom stereocenters. The van der Waals surface area contributed by atoms with Gasteiger partial charge in [0, 0.05) is 18.4 Å². The molecule has 2 N–H and O–H groups in total. The summed E-state index contributed by atoms with van der Waals surface area (Å²) in [6.45, 7) is 6.21. The second-order valence-electron chi connectivity index (χ2n) is 6.25. The minimum absolute atomic E-state index is 0.108. The van der Waals surface area contributed by atoms with Crippen molar-refractivity contribution in [3.05, 3.63) is 17.7 Å². The molecule has 0 radical (unpaired) electrons. The highest BCUT2D eigenvalue weighted by Crippen LogP contribution is 2.31. The number of nitrogens with one attached hydrogen (secondary N) is 2. The maximum absolute atomic E-state index is 12.8. The van der Waals surface area contributed by atoms with E-state index < -0.39 is 16.1 Å². The summed E-state index contributed by atoms with van der Waals surface area (Å²) in [4.78, 5) is 22.0. The monoisotopic (exact) mass is 328 g/mol. The first kappa shape index (κ1) is 17.0. The fourth-order valence-corrected chi connectivity index (χ4v) is 3.63. The molecular formula is C14H24N4O3S. The number of hydrogen-bond acceptors (Lipinski definition) is 4. The molecule has 0 bridgehead atoms. The smallest absolute Gasteiger partial charge is 0.241 e. The average Bonchev–Trinajstić information content (AvgIpc) is 3.01. The number of hydrogen-bond donors (Lipinski definition) is 2. The van der Waals surface area contributed by atoms with E-state index in [4.69, 9.17) is 0 Å². The molecule has 1 aromatic heterocycles. The third-order valence-electron chi connectivity index (χ3n) is 3.85. The molecule has 22 heavy (non-hydrogen) atoms. The zero-order valence-electron chi connectivity index (χ0n) is 13.5. The van der Waals surface area contributed by atoms with E-state index in [1.54, 1.807) is 11.1 Å². The normalized spacial score (nSPS) is 20.6. The van der Waals surface area contributed by atoms with Gasteiger partial charge in [0.2, 0.25) is 15.9 Å². The number of H-pyrrole nitrogens is 1. The van der Waals surface area contributed by atoms with Crippen molar-refractivity contribution < 1.29 is 13.2 Å². The van der Waals surface area contributed by atoms with E-state index in [1.807, 2.05) is 20.8 Å². The fourth-order valence-electron chi connectivity index (χ4n) is 2.80. The summed E-state index contributed by atoms with van der Waals surface area (Å²) in [5.74, 6) is 0.462. The highest BCUT2D eigenvalue weighted by Gasteiger charge is 2.37. The van der Waals surface area contributed by atoms with E-state index in [0.717, 1.165) is 30.6 Å². The molecule has 2 heterocycles. The first-order chi connectivity index (χ1) is 10.2. The van der Waals surface area contributed by atoms with Gasteiger partial charge in [-0.25, -0.2) is 18.1 Å². The number of imidazole rings is 1. The first-order valence-corrected chi connectivity index (χ1v) is 9.37. The van der Waals surface area contributed by atoms with Gasteiger partial charge < -0.3 is 9.88 Å². The molecule has 0 saturated carbocycles. The molecule has 0 aromatic carbocycles. The molecule has 1 aromatic rings. The van der Waals surface area contributed by atoms with Crippen molar-refractivity contribution >= 4 is 15.9 Å². The standard InChI is InChI=1S/C14H24N4O3S/c1-9(2)12(17-22(4,20)21)14(19)18-7-5-6-11(18)13-15-8-10(3)16-13/h8-9,11-12,17H,5-7H2,1-4H3,(H,15,16)/t11-,12+/m0/s1. The van der Waals surface area contributed by atoms with Crippen molar-refractivity contribution in [1.29, 1.82) is 0 Å². The Morgan fingerprint density at radius 2 is 2.18 bits per heavy atom. The zero-order chi connectivity index (χ0) is 16.5. The van der Waals surface area contributed by atoms with Gasteiger partial charge in [0.25, 0.3) is 0 Å². The van der Waals surface area contributed by atoms with Crippen molar-refractivity contribution in [3.8, 4) is 0 Å². The van der Waals surface area contributed by atoms with Crippen LogP contribution in [0.1, 0.15) is 44.2 Å². The highest BCUT2D eigenvalue weighted by molar-refractivity contribution is 7.88. The molecule has 1 fully saturated rings. The number of amides is 1. The summed E-state index contributed by atoms with van der Waals surface area (Å²) >= 11 is 0. The quantitative estimate of drug-likeness (QED) is 0.841. The number of sulfonamides is 1. The van der Waals surface area contributed by atoms with Crippen molar-refractivity contribution in [1.82, 2.24) is 19.6 Å². The predicted molar refractivity (Wildman–Crippen MR) is 83.6 cm³/mol. The van der Waals surface area contributed by atoms with Gasteiger partial charge >= 0.3 is 0 Å². The SMILES string of the molecule is Cc1cnc([C@@H]2CCCN2C(=O)[C@H](NS(C)(=O)=O)C(C)C)[nH]1. The Bertz CT molecular complexity index is 638. The third-order valence-corrected chi connectivity index (χ3v) is 4.53. The van der Waals surface area contributed by atoms with Gasteiger partial charge in [0.05, 0.1) is 12.3 Å². The molecule has 0 spiro atoms. The fraction of sp³-hybridized carbons (Fsp3) is 0.714. The molecule has 1 saturated heterocycles. The molecule has 7 nitrogen and oxygen atoms in total. The lowest BCUT2D eigenvalue weighted by molar-refractivity contribution is -0.135. The highest BCUT2D eigenvalue weighted by atomic mass is 32.2. The lowest BCUT2D eigenvalue weighted by Crippen LogP contribution is -2.50. The number of carbonyl (C=O) groups excluding carboxylic acids is 1. The van der Waals surface area contributed by atoms with E-state index in [2.05, 4.69) is 14.7 Å². The minimum atomic E-state index is -3.44. The van der Waals surface area contributed by atoms with Crippen LogP contribution in [-0.4, -0.2) is 48.0 Å². The van der Waals surface area contributed by atoms with E-state index in [-0.39, 0.29) is 17.9 Å². The van der Waals surface area contributed by atoms with Gasteiger partial charge in [-0.1, -0.05) is 13.8 Å². The maximum atomic E-state index is 12.8.